The largest absolute Gasteiger partial charge is 0.482 e. The minimum absolute atomic E-state index is 0.115. The monoisotopic (exact) mass is 299 g/mol. The summed E-state index contributed by atoms with van der Waals surface area (Å²) >= 11 is 0. The van der Waals surface area contributed by atoms with Gasteiger partial charge >= 0.3 is 0 Å². The highest BCUT2D eigenvalue weighted by atomic mass is 16.5. The molecule has 1 aliphatic rings. The number of rotatable bonds is 3. The number of ether oxygens (including phenoxy) is 1. The number of nitrogens with zero attached hydrogens (tertiary/aromatic N) is 1. The third-order valence-electron chi connectivity index (χ3n) is 3.21. The molecule has 2 N–H and O–H groups in total. The van der Waals surface area contributed by atoms with E-state index in [-0.39, 0.29) is 30.2 Å². The fourth-order valence-corrected chi connectivity index (χ4v) is 2.17. The first-order valence-electron chi connectivity index (χ1n) is 6.64. The lowest BCUT2D eigenvalue weighted by Gasteiger charge is -2.28. The Labute approximate surface area is 125 Å². The molecule has 0 saturated heterocycles. The number of amides is 2. The van der Waals surface area contributed by atoms with Gasteiger partial charge in [0.15, 0.2) is 6.61 Å². The van der Waals surface area contributed by atoms with E-state index in [9.17, 15) is 14.4 Å². The zero-order valence-electron chi connectivity index (χ0n) is 11.5. The Morgan fingerprint density at radius 2 is 2.09 bits per heavy atom. The molecule has 1 aromatic heterocycles. The minimum atomic E-state index is -0.457. The quantitative estimate of drug-likeness (QED) is 0.874. The molecule has 0 unspecified atom stereocenters. The molecule has 7 nitrogen and oxygen atoms in total. The summed E-state index contributed by atoms with van der Waals surface area (Å²) in [5, 5.41) is 2.49. The number of hydrogen-bond donors (Lipinski definition) is 2. The highest BCUT2D eigenvalue weighted by Crippen LogP contribution is 2.31. The molecule has 0 atom stereocenters. The number of pyridine rings is 1. The smallest absolute Gasteiger partial charge is 0.265 e. The van der Waals surface area contributed by atoms with Crippen molar-refractivity contribution in [2.24, 2.45) is 0 Å². The summed E-state index contributed by atoms with van der Waals surface area (Å²) in [6, 6.07) is 8.29. The Kier molecular flexibility index (Phi) is 3.61. The third-order valence-corrected chi connectivity index (χ3v) is 3.21. The fourth-order valence-electron chi connectivity index (χ4n) is 2.17. The number of nitrogens with one attached hydrogen (secondary N) is 2. The van der Waals surface area contributed by atoms with E-state index in [0.29, 0.717) is 11.4 Å². The number of benzene rings is 1. The molecular formula is C15H13N3O4. The molecule has 0 fully saturated rings. The van der Waals surface area contributed by atoms with Crippen LogP contribution < -0.4 is 20.4 Å². The van der Waals surface area contributed by atoms with Crippen LogP contribution in [0.5, 0.6) is 5.75 Å². The molecular weight excluding hydrogens is 286 g/mol. The molecule has 7 heteroatoms. The van der Waals surface area contributed by atoms with E-state index >= 15 is 0 Å². The van der Waals surface area contributed by atoms with Crippen LogP contribution in [0, 0.1) is 0 Å². The molecule has 2 aromatic rings. The molecule has 112 valence electrons. The maximum Gasteiger partial charge on any atom is 0.265 e. The topological polar surface area (TPSA) is 91.5 Å². The number of aromatic amines is 1. The highest BCUT2D eigenvalue weighted by molar-refractivity contribution is 6.04. The average molecular weight is 299 g/mol. The maximum atomic E-state index is 12.1. The van der Waals surface area contributed by atoms with Gasteiger partial charge in [0.25, 0.3) is 5.91 Å². The van der Waals surface area contributed by atoms with Crippen LogP contribution in [0.15, 0.2) is 47.5 Å². The number of carbonyl (C=O) groups excluding carboxylic acids is 2. The summed E-state index contributed by atoms with van der Waals surface area (Å²) in [6.07, 6.45) is 2.87. The van der Waals surface area contributed by atoms with Crippen LogP contribution in [0.25, 0.3) is 0 Å². The van der Waals surface area contributed by atoms with Gasteiger partial charge in [-0.3, -0.25) is 19.3 Å². The Morgan fingerprint density at radius 1 is 1.27 bits per heavy atom. The van der Waals surface area contributed by atoms with E-state index in [1.807, 2.05) is 0 Å². The summed E-state index contributed by atoms with van der Waals surface area (Å²) in [5.41, 5.74) is 0.373. The van der Waals surface area contributed by atoms with Crippen LogP contribution >= 0.6 is 0 Å². The first kappa shape index (κ1) is 13.9. The lowest BCUT2D eigenvalue weighted by atomic mass is 10.2. The SMILES string of the molecule is O=C(CN1C(=O)COc2ccccc21)Nc1c[nH]ccc1=O. The summed E-state index contributed by atoms with van der Waals surface area (Å²) in [6.45, 7) is -0.302. The maximum absolute atomic E-state index is 12.1. The number of fused-ring (bicyclic) bond motifs is 1. The van der Waals surface area contributed by atoms with Gasteiger partial charge < -0.3 is 15.0 Å². The molecule has 2 heterocycles. The van der Waals surface area contributed by atoms with Gasteiger partial charge in [0.1, 0.15) is 18.0 Å². The van der Waals surface area contributed by atoms with Crippen LogP contribution in [0.2, 0.25) is 0 Å². The number of aromatic nitrogens is 1. The molecule has 0 saturated carbocycles. The third kappa shape index (κ3) is 2.69. The molecule has 1 aliphatic heterocycles. The van der Waals surface area contributed by atoms with Gasteiger partial charge in [-0.2, -0.15) is 0 Å². The zero-order chi connectivity index (χ0) is 15.5. The van der Waals surface area contributed by atoms with E-state index in [1.165, 1.54) is 23.4 Å². The number of H-pyrrole nitrogens is 1. The van der Waals surface area contributed by atoms with Crippen LogP contribution in [0.4, 0.5) is 11.4 Å². The van der Waals surface area contributed by atoms with Crippen molar-refractivity contribution < 1.29 is 14.3 Å². The molecule has 22 heavy (non-hydrogen) atoms. The molecule has 2 amide bonds. The van der Waals surface area contributed by atoms with Crippen molar-refractivity contribution in [1.82, 2.24) is 4.98 Å². The normalized spacial score (nSPS) is 13.3. The number of anilines is 2. The molecule has 0 radical (unpaired) electrons. The first-order valence-corrected chi connectivity index (χ1v) is 6.64. The predicted octanol–water partition coefficient (Wildman–Crippen LogP) is 0.739. The Hall–Kier alpha value is -3.09. The summed E-state index contributed by atoms with van der Waals surface area (Å²) in [4.78, 5) is 39.7. The number of para-hydroxylation sites is 2. The van der Waals surface area contributed by atoms with E-state index in [2.05, 4.69) is 10.3 Å². The van der Waals surface area contributed by atoms with Crippen LogP contribution in [0.3, 0.4) is 0 Å². The zero-order valence-corrected chi connectivity index (χ0v) is 11.5. The minimum Gasteiger partial charge on any atom is -0.482 e. The van der Waals surface area contributed by atoms with Gasteiger partial charge in [0.2, 0.25) is 11.3 Å². The predicted molar refractivity (Wildman–Crippen MR) is 80.0 cm³/mol. The van der Waals surface area contributed by atoms with Gasteiger partial charge in [0, 0.05) is 18.5 Å². The van der Waals surface area contributed by atoms with Crippen LogP contribution in [-0.4, -0.2) is 29.9 Å². The van der Waals surface area contributed by atoms with Crippen molar-refractivity contribution in [3.05, 3.63) is 52.9 Å². The second kappa shape index (κ2) is 5.72. The average Bonchev–Trinajstić information content (AvgIpc) is 2.52. The second-order valence-electron chi connectivity index (χ2n) is 4.71. The summed E-state index contributed by atoms with van der Waals surface area (Å²) in [5.74, 6) is -0.218. The second-order valence-corrected chi connectivity index (χ2v) is 4.71. The van der Waals surface area contributed by atoms with Gasteiger partial charge in [0.05, 0.1) is 5.69 Å². The van der Waals surface area contributed by atoms with Crippen molar-refractivity contribution in [2.75, 3.05) is 23.4 Å². The molecule has 0 spiro atoms. The van der Waals surface area contributed by atoms with E-state index < -0.39 is 5.91 Å². The molecule has 0 aliphatic carbocycles. The number of carbonyl (C=O) groups is 2. The Bertz CT molecular complexity index is 784. The lowest BCUT2D eigenvalue weighted by Crippen LogP contribution is -2.43. The standard InChI is InChI=1S/C15H13N3O4/c19-12-5-6-16-7-10(12)17-14(20)8-18-11-3-1-2-4-13(11)22-9-15(18)21/h1-7H,8-9H2,(H,16,19)(H,17,20). The van der Waals surface area contributed by atoms with Gasteiger partial charge in [-0.15, -0.1) is 0 Å². The van der Waals surface area contributed by atoms with Crippen LogP contribution in [0.1, 0.15) is 0 Å². The lowest BCUT2D eigenvalue weighted by molar-refractivity contribution is -0.123. The van der Waals surface area contributed by atoms with Crippen molar-refractivity contribution in [3.63, 3.8) is 0 Å². The van der Waals surface area contributed by atoms with Crippen molar-refractivity contribution in [3.8, 4) is 5.75 Å². The Balaban J connectivity index is 1.78. The van der Waals surface area contributed by atoms with Gasteiger partial charge in [-0.25, -0.2) is 0 Å². The van der Waals surface area contributed by atoms with Crippen molar-refractivity contribution >= 4 is 23.2 Å². The van der Waals surface area contributed by atoms with E-state index in [1.54, 1.807) is 24.3 Å². The molecule has 0 bridgehead atoms. The molecule has 3 rings (SSSR count). The fraction of sp³-hybridized carbons (Fsp3) is 0.133. The van der Waals surface area contributed by atoms with Crippen LogP contribution in [-0.2, 0) is 9.59 Å². The summed E-state index contributed by atoms with van der Waals surface area (Å²) in [7, 11) is 0. The highest BCUT2D eigenvalue weighted by Gasteiger charge is 2.27. The summed E-state index contributed by atoms with van der Waals surface area (Å²) < 4.78 is 5.31. The number of hydrogen-bond acceptors (Lipinski definition) is 4. The van der Waals surface area contributed by atoms with E-state index in [4.69, 9.17) is 4.74 Å². The van der Waals surface area contributed by atoms with E-state index in [0.717, 1.165) is 0 Å². The first-order chi connectivity index (χ1) is 10.6. The molecule has 1 aromatic carbocycles. The van der Waals surface area contributed by atoms with Crippen molar-refractivity contribution in [1.29, 1.82) is 0 Å². The van der Waals surface area contributed by atoms with Gasteiger partial charge in [-0.1, -0.05) is 12.1 Å². The van der Waals surface area contributed by atoms with Crippen molar-refractivity contribution in [2.45, 2.75) is 0 Å². The Morgan fingerprint density at radius 3 is 2.91 bits per heavy atom. The van der Waals surface area contributed by atoms with Gasteiger partial charge in [-0.05, 0) is 12.1 Å².